The monoisotopic (exact) mass is 388 g/mol. The minimum Gasteiger partial charge on any atom is -0.314 e. The van der Waals surface area contributed by atoms with E-state index in [0.29, 0.717) is 16.9 Å². The van der Waals surface area contributed by atoms with Crippen molar-refractivity contribution in [2.45, 2.75) is 45.7 Å². The highest BCUT2D eigenvalue weighted by Crippen LogP contribution is 2.23. The fraction of sp³-hybridized carbons (Fsp3) is 0.364. The third-order valence-corrected chi connectivity index (χ3v) is 5.76. The van der Waals surface area contributed by atoms with E-state index in [0.717, 1.165) is 47.7 Å². The Hall–Kier alpha value is -3.06. The van der Waals surface area contributed by atoms with Crippen LogP contribution in [0.2, 0.25) is 0 Å². The van der Waals surface area contributed by atoms with Crippen LogP contribution in [0.4, 0.5) is 0 Å². The van der Waals surface area contributed by atoms with E-state index in [2.05, 4.69) is 22.3 Å². The number of aryl methyl sites for hydroxylation is 2. The molecule has 1 aliphatic rings. The van der Waals surface area contributed by atoms with Crippen LogP contribution in [0.3, 0.4) is 0 Å². The van der Waals surface area contributed by atoms with Gasteiger partial charge in [-0.05, 0) is 70.0 Å². The third-order valence-electron chi connectivity index (χ3n) is 5.76. The van der Waals surface area contributed by atoms with Crippen molar-refractivity contribution in [2.75, 3.05) is 6.54 Å². The first-order chi connectivity index (χ1) is 14.0. The number of nitrogens with one attached hydrogen (secondary N) is 1. The molecule has 4 aromatic heterocycles. The quantitative estimate of drug-likeness (QED) is 0.571. The molecule has 1 aliphatic heterocycles. The van der Waals surface area contributed by atoms with Gasteiger partial charge in [-0.25, -0.2) is 14.5 Å². The molecule has 1 saturated heterocycles. The van der Waals surface area contributed by atoms with E-state index >= 15 is 0 Å². The number of fused-ring (bicyclic) bond motifs is 2. The molecule has 7 heteroatoms. The number of hydrogen-bond donors (Lipinski definition) is 1. The SMILES string of the molecule is Cc1cn2nc(-c3ccc4c(=O)n([C@H]5CCN[C@@H](C)C5)ccc4n3)cc(C)c2n1. The van der Waals surface area contributed by atoms with Gasteiger partial charge < -0.3 is 9.88 Å². The Kier molecular flexibility index (Phi) is 4.20. The van der Waals surface area contributed by atoms with Gasteiger partial charge in [-0.2, -0.15) is 5.10 Å². The summed E-state index contributed by atoms with van der Waals surface area (Å²) in [4.78, 5) is 22.3. The number of imidazole rings is 1. The first kappa shape index (κ1) is 18.0. The molecule has 29 heavy (non-hydrogen) atoms. The first-order valence-electron chi connectivity index (χ1n) is 10.1. The van der Waals surface area contributed by atoms with Crippen LogP contribution in [0, 0.1) is 13.8 Å². The van der Waals surface area contributed by atoms with Gasteiger partial charge in [-0.15, -0.1) is 0 Å². The van der Waals surface area contributed by atoms with Gasteiger partial charge in [0.25, 0.3) is 5.56 Å². The van der Waals surface area contributed by atoms with E-state index in [1.165, 1.54) is 0 Å². The number of piperidine rings is 1. The topological polar surface area (TPSA) is 77.1 Å². The second-order valence-corrected chi connectivity index (χ2v) is 8.05. The summed E-state index contributed by atoms with van der Waals surface area (Å²) in [5.41, 5.74) is 5.08. The van der Waals surface area contributed by atoms with Gasteiger partial charge in [0.15, 0.2) is 5.65 Å². The third kappa shape index (κ3) is 3.11. The molecule has 0 spiro atoms. The van der Waals surface area contributed by atoms with E-state index < -0.39 is 0 Å². The number of pyridine rings is 2. The highest BCUT2D eigenvalue weighted by Gasteiger charge is 2.21. The molecule has 0 aromatic carbocycles. The molecule has 4 aromatic rings. The van der Waals surface area contributed by atoms with Crippen molar-refractivity contribution in [3.05, 3.63) is 58.3 Å². The maximum atomic E-state index is 13.1. The van der Waals surface area contributed by atoms with Crippen LogP contribution in [0.25, 0.3) is 27.9 Å². The summed E-state index contributed by atoms with van der Waals surface area (Å²) in [7, 11) is 0. The molecular formula is C22H24N6O. The lowest BCUT2D eigenvalue weighted by Crippen LogP contribution is -2.39. The number of nitrogens with zero attached hydrogens (tertiary/aromatic N) is 5. The zero-order chi connectivity index (χ0) is 20.1. The van der Waals surface area contributed by atoms with Crippen LogP contribution < -0.4 is 10.9 Å². The van der Waals surface area contributed by atoms with Crippen molar-refractivity contribution in [2.24, 2.45) is 0 Å². The van der Waals surface area contributed by atoms with Crippen LogP contribution >= 0.6 is 0 Å². The van der Waals surface area contributed by atoms with Crippen molar-refractivity contribution in [3.63, 3.8) is 0 Å². The zero-order valence-electron chi connectivity index (χ0n) is 16.9. The van der Waals surface area contributed by atoms with Crippen molar-refractivity contribution in [1.29, 1.82) is 0 Å². The van der Waals surface area contributed by atoms with E-state index in [1.54, 1.807) is 4.52 Å². The number of rotatable bonds is 2. The second-order valence-electron chi connectivity index (χ2n) is 8.05. The van der Waals surface area contributed by atoms with Gasteiger partial charge in [0.1, 0.15) is 5.69 Å². The highest BCUT2D eigenvalue weighted by atomic mass is 16.1. The van der Waals surface area contributed by atoms with Gasteiger partial charge in [0.05, 0.1) is 28.5 Å². The van der Waals surface area contributed by atoms with Crippen molar-refractivity contribution in [3.8, 4) is 11.4 Å². The molecule has 1 fully saturated rings. The average molecular weight is 388 g/mol. The Labute approximate surface area is 168 Å². The molecule has 2 atom stereocenters. The molecular weight excluding hydrogens is 364 g/mol. The fourth-order valence-electron chi connectivity index (χ4n) is 4.30. The van der Waals surface area contributed by atoms with Crippen LogP contribution in [-0.4, -0.2) is 36.7 Å². The first-order valence-corrected chi connectivity index (χ1v) is 10.1. The average Bonchev–Trinajstić information content (AvgIpc) is 3.09. The summed E-state index contributed by atoms with van der Waals surface area (Å²) in [6.07, 6.45) is 5.73. The van der Waals surface area contributed by atoms with E-state index in [4.69, 9.17) is 4.98 Å². The Bertz CT molecular complexity index is 1290. The molecule has 0 aliphatic carbocycles. The predicted molar refractivity (Wildman–Crippen MR) is 113 cm³/mol. The maximum absolute atomic E-state index is 13.1. The standard InChI is InChI=1S/C22H24N6O/c1-13-10-20(26-28-12-15(3)24-21(13)28)19-5-4-17-18(25-19)7-9-27(22(17)29)16-6-8-23-14(2)11-16/h4-5,7,9-10,12,14,16,23H,6,8,11H2,1-3H3/t14-,16-/m0/s1. The van der Waals surface area contributed by atoms with Crippen LogP contribution in [0.1, 0.15) is 37.1 Å². The fourth-order valence-corrected chi connectivity index (χ4v) is 4.30. The van der Waals surface area contributed by atoms with Gasteiger partial charge in [0.2, 0.25) is 0 Å². The largest absolute Gasteiger partial charge is 0.314 e. The molecule has 5 rings (SSSR count). The van der Waals surface area contributed by atoms with E-state index in [1.807, 2.05) is 55.1 Å². The number of aromatic nitrogens is 5. The Balaban J connectivity index is 1.58. The molecule has 0 bridgehead atoms. The summed E-state index contributed by atoms with van der Waals surface area (Å²) >= 11 is 0. The Morgan fingerprint density at radius 1 is 1.14 bits per heavy atom. The molecule has 0 amide bonds. The van der Waals surface area contributed by atoms with E-state index in [9.17, 15) is 4.79 Å². The molecule has 0 radical (unpaired) electrons. The van der Waals surface area contributed by atoms with Crippen LogP contribution in [-0.2, 0) is 0 Å². The van der Waals surface area contributed by atoms with Crippen LogP contribution in [0.15, 0.2) is 41.5 Å². The zero-order valence-corrected chi connectivity index (χ0v) is 16.9. The summed E-state index contributed by atoms with van der Waals surface area (Å²) in [5, 5.41) is 8.75. The van der Waals surface area contributed by atoms with Gasteiger partial charge in [-0.1, -0.05) is 0 Å². The van der Waals surface area contributed by atoms with Crippen molar-refractivity contribution in [1.82, 2.24) is 29.5 Å². The Morgan fingerprint density at radius 3 is 2.83 bits per heavy atom. The van der Waals surface area contributed by atoms with Crippen molar-refractivity contribution < 1.29 is 0 Å². The lowest BCUT2D eigenvalue weighted by atomic mass is 10.00. The van der Waals surface area contributed by atoms with E-state index in [-0.39, 0.29) is 11.6 Å². The highest BCUT2D eigenvalue weighted by molar-refractivity contribution is 5.80. The second kappa shape index (κ2) is 6.77. The molecule has 7 nitrogen and oxygen atoms in total. The van der Waals surface area contributed by atoms with Gasteiger partial charge in [-0.3, -0.25) is 4.79 Å². The Morgan fingerprint density at radius 2 is 2.00 bits per heavy atom. The van der Waals surface area contributed by atoms with Crippen LogP contribution in [0.5, 0.6) is 0 Å². The molecule has 0 saturated carbocycles. The normalized spacial score (nSPS) is 19.8. The van der Waals surface area contributed by atoms with Gasteiger partial charge in [0, 0.05) is 18.3 Å². The smallest absolute Gasteiger partial charge is 0.260 e. The molecule has 5 heterocycles. The summed E-state index contributed by atoms with van der Waals surface area (Å²) in [6.45, 7) is 7.08. The maximum Gasteiger partial charge on any atom is 0.260 e. The van der Waals surface area contributed by atoms with Crippen molar-refractivity contribution >= 4 is 16.6 Å². The summed E-state index contributed by atoms with van der Waals surface area (Å²) < 4.78 is 3.67. The lowest BCUT2D eigenvalue weighted by Gasteiger charge is -2.29. The van der Waals surface area contributed by atoms with Gasteiger partial charge >= 0.3 is 0 Å². The summed E-state index contributed by atoms with van der Waals surface area (Å²) in [6, 6.07) is 8.36. The minimum absolute atomic E-state index is 0.0328. The minimum atomic E-state index is 0.0328. The lowest BCUT2D eigenvalue weighted by molar-refractivity contribution is 0.309. The molecule has 0 unspecified atom stereocenters. The summed E-state index contributed by atoms with van der Waals surface area (Å²) in [5.74, 6) is 0. The number of hydrogen-bond acceptors (Lipinski definition) is 5. The predicted octanol–water partition coefficient (Wildman–Crippen LogP) is 3.04. The molecule has 148 valence electrons. The molecule has 1 N–H and O–H groups in total.